The fraction of sp³-hybridized carbons (Fsp3) is 0.0345. The van der Waals surface area contributed by atoms with Crippen LogP contribution in [0.2, 0.25) is 0 Å². The number of pyridine rings is 1. The van der Waals surface area contributed by atoms with Gasteiger partial charge in [-0.2, -0.15) is 5.26 Å². The average Bonchev–Trinajstić information content (AvgIpc) is 3.61. The predicted molar refractivity (Wildman–Crippen MR) is 149 cm³/mol. The highest BCUT2D eigenvalue weighted by Crippen LogP contribution is 2.39. The van der Waals surface area contributed by atoms with Crippen molar-refractivity contribution in [3.63, 3.8) is 0 Å². The van der Waals surface area contributed by atoms with Crippen LogP contribution in [0.15, 0.2) is 94.9 Å². The van der Waals surface area contributed by atoms with Crippen molar-refractivity contribution in [2.75, 3.05) is 12.1 Å². The zero-order chi connectivity index (χ0) is 25.5. The Bertz CT molecular complexity index is 1880. The van der Waals surface area contributed by atoms with Crippen molar-refractivity contribution in [3.05, 3.63) is 89.9 Å². The maximum absolute atomic E-state index is 9.24. The molecule has 0 fully saturated rings. The number of rotatable bonds is 5. The average molecular weight is 532 g/mol. The van der Waals surface area contributed by atoms with Gasteiger partial charge in [0.1, 0.15) is 16.6 Å². The van der Waals surface area contributed by atoms with Crippen molar-refractivity contribution in [1.29, 1.82) is 5.26 Å². The quantitative estimate of drug-likeness (QED) is 0.246. The standard InChI is InChI=1S/C29H17N5O2S2/c30-15-20-14-23-28(38-20)26(11-12-31-23)37-19-8-6-18(7-9-19)32-29-22-4-2-1-3-21(22)27(33-34-29)17-5-10-24-25(13-17)36-16-35-24/h1-14H,16H2,(H,32,34). The first-order valence-electron chi connectivity index (χ1n) is 11.7. The molecule has 7 nitrogen and oxygen atoms in total. The summed E-state index contributed by atoms with van der Waals surface area (Å²) in [6, 6.07) is 28.1. The van der Waals surface area contributed by atoms with Crippen molar-refractivity contribution >= 4 is 55.6 Å². The Morgan fingerprint density at radius 1 is 0.895 bits per heavy atom. The third kappa shape index (κ3) is 4.06. The topological polar surface area (TPSA) is 93.0 Å². The van der Waals surface area contributed by atoms with Gasteiger partial charge in [-0.3, -0.25) is 4.98 Å². The van der Waals surface area contributed by atoms with E-state index in [-0.39, 0.29) is 6.79 Å². The van der Waals surface area contributed by atoms with E-state index in [1.807, 2.05) is 66.7 Å². The second-order valence-electron chi connectivity index (χ2n) is 8.51. The van der Waals surface area contributed by atoms with Crippen LogP contribution in [0, 0.1) is 11.3 Å². The number of anilines is 2. The molecule has 0 radical (unpaired) electrons. The van der Waals surface area contributed by atoms with Crippen molar-refractivity contribution in [2.24, 2.45) is 0 Å². The molecule has 0 amide bonds. The van der Waals surface area contributed by atoms with Crippen LogP contribution >= 0.6 is 23.1 Å². The molecule has 1 N–H and O–H groups in total. The van der Waals surface area contributed by atoms with E-state index in [1.54, 1.807) is 18.0 Å². The molecular formula is C29H17N5O2S2. The lowest BCUT2D eigenvalue weighted by Gasteiger charge is -2.12. The van der Waals surface area contributed by atoms with Crippen LogP contribution in [-0.2, 0) is 0 Å². The molecule has 3 aromatic heterocycles. The number of hydrogen-bond donors (Lipinski definition) is 1. The van der Waals surface area contributed by atoms with Gasteiger partial charge in [0, 0.05) is 38.0 Å². The molecule has 7 rings (SSSR count). The molecule has 38 heavy (non-hydrogen) atoms. The van der Waals surface area contributed by atoms with E-state index in [9.17, 15) is 5.26 Å². The van der Waals surface area contributed by atoms with Crippen LogP contribution in [-0.4, -0.2) is 22.0 Å². The van der Waals surface area contributed by atoms with E-state index in [1.165, 1.54) is 11.3 Å². The Morgan fingerprint density at radius 3 is 2.61 bits per heavy atom. The van der Waals surface area contributed by atoms with Gasteiger partial charge < -0.3 is 14.8 Å². The Kier molecular flexibility index (Phi) is 5.54. The molecular weight excluding hydrogens is 514 g/mol. The lowest BCUT2D eigenvalue weighted by molar-refractivity contribution is 0.174. The van der Waals surface area contributed by atoms with Gasteiger partial charge in [0.2, 0.25) is 6.79 Å². The normalized spacial score (nSPS) is 12.1. The minimum Gasteiger partial charge on any atom is -0.454 e. The van der Waals surface area contributed by atoms with Gasteiger partial charge in [0.25, 0.3) is 0 Å². The lowest BCUT2D eigenvalue weighted by atomic mass is 10.0. The van der Waals surface area contributed by atoms with Gasteiger partial charge in [-0.05, 0) is 54.6 Å². The van der Waals surface area contributed by atoms with E-state index in [0.29, 0.717) is 16.4 Å². The van der Waals surface area contributed by atoms with Crippen molar-refractivity contribution in [3.8, 4) is 28.8 Å². The smallest absolute Gasteiger partial charge is 0.231 e. The SMILES string of the molecule is N#Cc1cc2nccc(Sc3ccc(Nc4nnc(-c5ccc6c(c5)OCO6)c5ccccc45)cc3)c2s1. The largest absolute Gasteiger partial charge is 0.454 e. The van der Waals surface area contributed by atoms with Gasteiger partial charge in [-0.1, -0.05) is 36.0 Å². The second-order valence-corrected chi connectivity index (χ2v) is 10.7. The van der Waals surface area contributed by atoms with E-state index in [2.05, 4.69) is 38.7 Å². The maximum Gasteiger partial charge on any atom is 0.231 e. The molecule has 6 aromatic rings. The first kappa shape index (κ1) is 22.5. The first-order chi connectivity index (χ1) is 18.7. The summed E-state index contributed by atoms with van der Waals surface area (Å²) in [6.07, 6.45) is 1.78. The number of nitriles is 1. The molecule has 1 aliphatic heterocycles. The van der Waals surface area contributed by atoms with Gasteiger partial charge >= 0.3 is 0 Å². The number of fused-ring (bicyclic) bond motifs is 3. The van der Waals surface area contributed by atoms with E-state index >= 15 is 0 Å². The number of hydrogen-bond acceptors (Lipinski definition) is 9. The van der Waals surface area contributed by atoms with Crippen LogP contribution in [0.3, 0.4) is 0 Å². The van der Waals surface area contributed by atoms with Crippen LogP contribution in [0.5, 0.6) is 11.5 Å². The number of thiophene rings is 1. The molecule has 9 heteroatoms. The van der Waals surface area contributed by atoms with Crippen LogP contribution < -0.4 is 14.8 Å². The molecule has 1 aliphatic rings. The molecule has 4 heterocycles. The minimum absolute atomic E-state index is 0.231. The van der Waals surface area contributed by atoms with Crippen LogP contribution in [0.1, 0.15) is 4.88 Å². The number of nitrogens with zero attached hydrogens (tertiary/aromatic N) is 4. The number of nitrogens with one attached hydrogen (secondary N) is 1. The molecule has 0 bridgehead atoms. The molecule has 0 spiro atoms. The monoisotopic (exact) mass is 531 g/mol. The van der Waals surface area contributed by atoms with Gasteiger partial charge in [-0.25, -0.2) is 0 Å². The first-order valence-corrected chi connectivity index (χ1v) is 13.4. The van der Waals surface area contributed by atoms with Crippen molar-refractivity contribution in [2.45, 2.75) is 9.79 Å². The van der Waals surface area contributed by atoms with Crippen molar-refractivity contribution in [1.82, 2.24) is 15.2 Å². The molecule has 0 saturated carbocycles. The molecule has 0 aliphatic carbocycles. The fourth-order valence-electron chi connectivity index (χ4n) is 4.37. The third-order valence-corrected chi connectivity index (χ3v) is 8.42. The number of benzene rings is 3. The van der Waals surface area contributed by atoms with Gasteiger partial charge in [-0.15, -0.1) is 21.5 Å². The Balaban J connectivity index is 1.16. The van der Waals surface area contributed by atoms with E-state index in [0.717, 1.165) is 53.5 Å². The Labute approximate surface area is 225 Å². The highest BCUT2D eigenvalue weighted by molar-refractivity contribution is 7.99. The van der Waals surface area contributed by atoms with Gasteiger partial charge in [0.15, 0.2) is 17.3 Å². The number of aromatic nitrogens is 3. The summed E-state index contributed by atoms with van der Waals surface area (Å²) in [5.74, 6) is 2.14. The Morgan fingerprint density at radius 2 is 1.74 bits per heavy atom. The molecule has 3 aromatic carbocycles. The van der Waals surface area contributed by atoms with Gasteiger partial charge in [0.05, 0.1) is 10.2 Å². The zero-order valence-corrected chi connectivity index (χ0v) is 21.3. The summed E-state index contributed by atoms with van der Waals surface area (Å²) in [5.41, 5.74) is 3.47. The summed E-state index contributed by atoms with van der Waals surface area (Å²) in [5, 5.41) is 23.7. The van der Waals surface area contributed by atoms with Crippen LogP contribution in [0.4, 0.5) is 11.5 Å². The summed E-state index contributed by atoms with van der Waals surface area (Å²) < 4.78 is 12.0. The third-order valence-electron chi connectivity index (χ3n) is 6.16. The number of ether oxygens (including phenoxy) is 2. The Hall–Kier alpha value is -4.65. The summed E-state index contributed by atoms with van der Waals surface area (Å²) in [6.45, 7) is 0.231. The second kappa shape index (κ2) is 9.34. The lowest BCUT2D eigenvalue weighted by Crippen LogP contribution is -1.99. The van der Waals surface area contributed by atoms with Crippen LogP contribution in [0.25, 0.3) is 32.2 Å². The summed E-state index contributed by atoms with van der Waals surface area (Å²) in [7, 11) is 0. The van der Waals surface area contributed by atoms with E-state index < -0.39 is 0 Å². The molecule has 0 atom stereocenters. The predicted octanol–water partition coefficient (Wildman–Crippen LogP) is 7.40. The summed E-state index contributed by atoms with van der Waals surface area (Å²) in [4.78, 5) is 7.22. The minimum atomic E-state index is 0.231. The zero-order valence-electron chi connectivity index (χ0n) is 19.7. The highest BCUT2D eigenvalue weighted by Gasteiger charge is 2.17. The van der Waals surface area contributed by atoms with E-state index in [4.69, 9.17) is 9.47 Å². The fourth-order valence-corrected chi connectivity index (χ4v) is 6.30. The molecule has 0 unspecified atom stereocenters. The highest BCUT2D eigenvalue weighted by atomic mass is 32.2. The summed E-state index contributed by atoms with van der Waals surface area (Å²) >= 11 is 3.12. The van der Waals surface area contributed by atoms with Crippen molar-refractivity contribution < 1.29 is 9.47 Å². The molecule has 0 saturated heterocycles. The molecule has 182 valence electrons. The maximum atomic E-state index is 9.24.